The molecule has 0 aliphatic carbocycles. The van der Waals surface area contributed by atoms with Gasteiger partial charge in [-0.15, -0.1) is 0 Å². The molecule has 0 aliphatic heterocycles. The van der Waals surface area contributed by atoms with Gasteiger partial charge in [0, 0.05) is 22.5 Å². The highest BCUT2D eigenvalue weighted by Crippen LogP contribution is 2.26. The van der Waals surface area contributed by atoms with Crippen molar-refractivity contribution < 1.29 is 4.21 Å². The molecule has 5 heteroatoms. The summed E-state index contributed by atoms with van der Waals surface area (Å²) >= 11 is 0. The second kappa shape index (κ2) is 5.54. The van der Waals surface area contributed by atoms with E-state index in [0.717, 1.165) is 27.7 Å². The van der Waals surface area contributed by atoms with Crippen LogP contribution in [0.15, 0.2) is 53.9 Å². The van der Waals surface area contributed by atoms with Crippen LogP contribution in [0.3, 0.4) is 0 Å². The molecule has 3 aromatic rings. The van der Waals surface area contributed by atoms with Gasteiger partial charge in [0.05, 0.1) is 11.0 Å². The van der Waals surface area contributed by atoms with Gasteiger partial charge in [-0.1, -0.05) is 36.4 Å². The normalized spacial score (nSPS) is 13.5. The third-order valence-electron chi connectivity index (χ3n) is 3.18. The van der Waals surface area contributed by atoms with Crippen molar-refractivity contribution in [3.05, 3.63) is 65.1 Å². The number of nitrogen functional groups attached to an aromatic ring is 1. The molecule has 1 unspecified atom stereocenters. The van der Waals surface area contributed by atoms with Crippen LogP contribution in [0.5, 0.6) is 0 Å². The number of aromatic amines is 1. The summed E-state index contributed by atoms with van der Waals surface area (Å²) in [6.45, 7) is 0. The summed E-state index contributed by atoms with van der Waals surface area (Å²) in [4.78, 5) is 7.21. The zero-order valence-corrected chi connectivity index (χ0v) is 12.4. The summed E-state index contributed by atoms with van der Waals surface area (Å²) in [5.41, 5.74) is 10.3. The Kier molecular flexibility index (Phi) is 3.58. The van der Waals surface area contributed by atoms with Gasteiger partial charge in [0.2, 0.25) is 0 Å². The third-order valence-corrected chi connectivity index (χ3v) is 3.75. The van der Waals surface area contributed by atoms with E-state index < -0.39 is 10.8 Å². The smallest absolute Gasteiger partial charge is 0.198 e. The fourth-order valence-corrected chi connectivity index (χ4v) is 2.89. The molecular weight excluding hydrogens is 282 g/mol. The molecule has 0 radical (unpaired) electrons. The molecule has 2 aromatic carbocycles. The number of nitrogens with zero attached hydrogens (tertiary/aromatic N) is 1. The number of benzene rings is 2. The van der Waals surface area contributed by atoms with Crippen molar-refractivity contribution in [1.29, 1.82) is 0 Å². The molecule has 3 N–H and O–H groups in total. The standard InChI is InChI=1S/C16H15N3OS/c1-21(20)10-13(11-5-3-2-4-6-11)12-7-8-14-15(9-12)19-16(17)18-14/h2-10H,1H3,(H3,17,18,19). The highest BCUT2D eigenvalue weighted by Gasteiger charge is 2.08. The minimum absolute atomic E-state index is 0.395. The Labute approximate surface area is 125 Å². The predicted molar refractivity (Wildman–Crippen MR) is 88.1 cm³/mol. The van der Waals surface area contributed by atoms with Crippen molar-refractivity contribution in [2.75, 3.05) is 12.0 Å². The van der Waals surface area contributed by atoms with Crippen LogP contribution in [0.2, 0.25) is 0 Å². The molecule has 1 heterocycles. The second-order valence-corrected chi connectivity index (χ2v) is 5.98. The van der Waals surface area contributed by atoms with Crippen LogP contribution in [-0.4, -0.2) is 20.4 Å². The van der Waals surface area contributed by atoms with Gasteiger partial charge in [0.1, 0.15) is 0 Å². The quantitative estimate of drug-likeness (QED) is 0.780. The topological polar surface area (TPSA) is 71.8 Å². The van der Waals surface area contributed by atoms with Crippen molar-refractivity contribution >= 4 is 33.4 Å². The van der Waals surface area contributed by atoms with Crippen molar-refractivity contribution in [2.45, 2.75) is 0 Å². The number of nitrogens with one attached hydrogen (secondary N) is 1. The van der Waals surface area contributed by atoms with Gasteiger partial charge < -0.3 is 10.7 Å². The van der Waals surface area contributed by atoms with Crippen molar-refractivity contribution in [3.8, 4) is 0 Å². The lowest BCUT2D eigenvalue weighted by molar-refractivity contribution is 0.692. The molecule has 0 spiro atoms. The Hall–Kier alpha value is -2.40. The summed E-state index contributed by atoms with van der Waals surface area (Å²) in [6, 6.07) is 15.8. The van der Waals surface area contributed by atoms with Gasteiger partial charge in [0.15, 0.2) is 5.95 Å². The second-order valence-electron chi connectivity index (χ2n) is 4.75. The average molecular weight is 297 g/mol. The van der Waals surface area contributed by atoms with Crippen LogP contribution in [0, 0.1) is 0 Å². The molecule has 0 amide bonds. The summed E-state index contributed by atoms with van der Waals surface area (Å²) in [7, 11) is -1.04. The van der Waals surface area contributed by atoms with E-state index in [-0.39, 0.29) is 0 Å². The number of aromatic nitrogens is 2. The minimum atomic E-state index is -1.04. The monoisotopic (exact) mass is 297 g/mol. The number of fused-ring (bicyclic) bond motifs is 1. The lowest BCUT2D eigenvalue weighted by atomic mass is 9.99. The van der Waals surface area contributed by atoms with Crippen molar-refractivity contribution in [2.24, 2.45) is 0 Å². The largest absolute Gasteiger partial charge is 0.369 e. The molecule has 106 valence electrons. The molecule has 1 aromatic heterocycles. The van der Waals surface area contributed by atoms with Crippen LogP contribution < -0.4 is 5.73 Å². The van der Waals surface area contributed by atoms with E-state index >= 15 is 0 Å². The molecule has 21 heavy (non-hydrogen) atoms. The molecule has 1 atom stereocenters. The van der Waals surface area contributed by atoms with Gasteiger partial charge in [-0.3, -0.25) is 4.21 Å². The number of hydrogen-bond acceptors (Lipinski definition) is 3. The van der Waals surface area contributed by atoms with Crippen LogP contribution in [0.1, 0.15) is 11.1 Å². The molecule has 4 nitrogen and oxygen atoms in total. The van der Waals surface area contributed by atoms with E-state index in [4.69, 9.17) is 5.73 Å². The summed E-state index contributed by atoms with van der Waals surface area (Å²) in [5, 5.41) is 1.76. The Bertz CT molecular complexity index is 837. The van der Waals surface area contributed by atoms with Crippen LogP contribution in [0.4, 0.5) is 5.95 Å². The Balaban J connectivity index is 2.16. The lowest BCUT2D eigenvalue weighted by Gasteiger charge is -2.08. The Morgan fingerprint density at radius 2 is 1.95 bits per heavy atom. The first-order valence-electron chi connectivity index (χ1n) is 6.48. The van der Waals surface area contributed by atoms with Gasteiger partial charge in [-0.2, -0.15) is 0 Å². The van der Waals surface area contributed by atoms with Crippen molar-refractivity contribution in [3.63, 3.8) is 0 Å². The predicted octanol–water partition coefficient (Wildman–Crippen LogP) is 2.91. The first-order valence-corrected chi connectivity index (χ1v) is 8.11. The maximum absolute atomic E-state index is 11.7. The van der Waals surface area contributed by atoms with Gasteiger partial charge in [0.25, 0.3) is 0 Å². The van der Waals surface area contributed by atoms with E-state index in [9.17, 15) is 4.21 Å². The molecule has 0 bridgehead atoms. The molecule has 0 saturated carbocycles. The SMILES string of the molecule is CS(=O)C=C(c1ccccc1)c1ccc2nc(N)[nH]c2c1. The first kappa shape index (κ1) is 13.6. The number of anilines is 1. The fraction of sp³-hybridized carbons (Fsp3) is 0.0625. The zero-order valence-electron chi connectivity index (χ0n) is 11.5. The molecule has 3 rings (SSSR count). The molecule has 0 fully saturated rings. The molecule has 0 saturated heterocycles. The first-order chi connectivity index (χ1) is 10.1. The van der Waals surface area contributed by atoms with Crippen LogP contribution >= 0.6 is 0 Å². The minimum Gasteiger partial charge on any atom is -0.369 e. The Morgan fingerprint density at radius 1 is 1.19 bits per heavy atom. The van der Waals surface area contributed by atoms with Gasteiger partial charge in [-0.05, 0) is 28.8 Å². The fourth-order valence-electron chi connectivity index (χ4n) is 2.28. The van der Waals surface area contributed by atoms with Gasteiger partial charge in [-0.25, -0.2) is 4.98 Å². The zero-order chi connectivity index (χ0) is 14.8. The number of nitrogens with two attached hydrogens (primary N) is 1. The summed E-state index contributed by atoms with van der Waals surface area (Å²) in [6.07, 6.45) is 1.66. The van der Waals surface area contributed by atoms with Crippen molar-refractivity contribution in [1.82, 2.24) is 9.97 Å². The van der Waals surface area contributed by atoms with E-state index in [1.165, 1.54) is 0 Å². The van der Waals surface area contributed by atoms with E-state index in [2.05, 4.69) is 9.97 Å². The average Bonchev–Trinajstić information content (AvgIpc) is 2.84. The molecule has 0 aliphatic rings. The highest BCUT2D eigenvalue weighted by molar-refractivity contribution is 7.87. The maximum Gasteiger partial charge on any atom is 0.198 e. The lowest BCUT2D eigenvalue weighted by Crippen LogP contribution is -1.91. The number of rotatable bonds is 3. The maximum atomic E-state index is 11.7. The Morgan fingerprint density at radius 3 is 2.67 bits per heavy atom. The molecular formula is C16H15N3OS. The number of H-pyrrole nitrogens is 1. The summed E-state index contributed by atoms with van der Waals surface area (Å²) in [5.74, 6) is 0.395. The van der Waals surface area contributed by atoms with Crippen LogP contribution in [-0.2, 0) is 10.8 Å². The van der Waals surface area contributed by atoms with Gasteiger partial charge >= 0.3 is 0 Å². The third kappa shape index (κ3) is 2.87. The van der Waals surface area contributed by atoms with E-state index in [0.29, 0.717) is 5.95 Å². The van der Waals surface area contributed by atoms with E-state index in [1.807, 2.05) is 48.5 Å². The number of hydrogen-bond donors (Lipinski definition) is 2. The van der Waals surface area contributed by atoms with E-state index in [1.54, 1.807) is 11.7 Å². The van der Waals surface area contributed by atoms with Crippen LogP contribution in [0.25, 0.3) is 16.6 Å². The highest BCUT2D eigenvalue weighted by atomic mass is 32.2. The summed E-state index contributed by atoms with van der Waals surface area (Å²) < 4.78 is 11.7. The number of imidazole rings is 1.